The Morgan fingerprint density at radius 2 is 1.72 bits per heavy atom. The minimum Gasteiger partial charge on any atom is -0.396 e. The van der Waals surface area contributed by atoms with Crippen LogP contribution in [0.5, 0.6) is 0 Å². The van der Waals surface area contributed by atoms with E-state index in [9.17, 15) is 25.5 Å². The van der Waals surface area contributed by atoms with Crippen LogP contribution in [0.4, 0.5) is 0 Å². The van der Waals surface area contributed by atoms with Gasteiger partial charge in [-0.05, 0) is 62.7 Å². The van der Waals surface area contributed by atoms with Crippen LogP contribution in [0.2, 0.25) is 0 Å². The molecule has 0 amide bonds. The van der Waals surface area contributed by atoms with Gasteiger partial charge in [0.05, 0.1) is 24.4 Å². The summed E-state index contributed by atoms with van der Waals surface area (Å²) in [6, 6.07) is 0. The van der Waals surface area contributed by atoms with Crippen molar-refractivity contribution in [1.29, 1.82) is 0 Å². The van der Waals surface area contributed by atoms with Gasteiger partial charge in [0.1, 0.15) is 5.60 Å². The number of aliphatic hydroxyl groups excluding tert-OH is 3. The maximum absolute atomic E-state index is 11.6. The maximum atomic E-state index is 11.6. The van der Waals surface area contributed by atoms with Gasteiger partial charge in [0, 0.05) is 11.3 Å². The second-order valence-electron chi connectivity index (χ2n) is 9.93. The zero-order chi connectivity index (χ0) is 18.4. The van der Waals surface area contributed by atoms with Crippen molar-refractivity contribution in [3.8, 4) is 0 Å². The lowest BCUT2D eigenvalue weighted by Gasteiger charge is -2.46. The van der Waals surface area contributed by atoms with Crippen LogP contribution in [-0.4, -0.2) is 55.5 Å². The van der Waals surface area contributed by atoms with Gasteiger partial charge >= 0.3 is 0 Å². The van der Waals surface area contributed by atoms with Crippen LogP contribution in [0.1, 0.15) is 52.4 Å². The van der Waals surface area contributed by atoms with Gasteiger partial charge in [-0.3, -0.25) is 0 Å². The highest BCUT2D eigenvalue weighted by Crippen LogP contribution is 2.68. The molecule has 4 rings (SSSR count). The van der Waals surface area contributed by atoms with Crippen molar-refractivity contribution in [2.75, 3.05) is 6.61 Å². The van der Waals surface area contributed by atoms with Crippen molar-refractivity contribution in [2.45, 2.75) is 75.8 Å². The first-order valence-corrected chi connectivity index (χ1v) is 9.62. The van der Waals surface area contributed by atoms with E-state index in [4.69, 9.17) is 0 Å². The Morgan fingerprint density at radius 3 is 2.36 bits per heavy atom. The molecule has 2 bridgehead atoms. The molecular weight excluding hydrogens is 320 g/mol. The van der Waals surface area contributed by atoms with Gasteiger partial charge in [-0.25, -0.2) is 0 Å². The molecule has 1 spiro atoms. The molecule has 0 aliphatic heterocycles. The van der Waals surface area contributed by atoms with Gasteiger partial charge in [-0.15, -0.1) is 0 Å². The highest BCUT2D eigenvalue weighted by atomic mass is 16.4. The lowest BCUT2D eigenvalue weighted by atomic mass is 9.63. The van der Waals surface area contributed by atoms with Crippen LogP contribution in [0.3, 0.4) is 0 Å². The van der Waals surface area contributed by atoms with Gasteiger partial charge in [0.15, 0.2) is 0 Å². The van der Waals surface area contributed by atoms with E-state index in [0.29, 0.717) is 19.3 Å². The zero-order valence-electron chi connectivity index (χ0n) is 15.3. The molecular formula is C20H32O5. The molecule has 9 atom stereocenters. The van der Waals surface area contributed by atoms with Gasteiger partial charge in [0.2, 0.25) is 0 Å². The summed E-state index contributed by atoms with van der Waals surface area (Å²) in [5.74, 6) is -0.0630. The highest BCUT2D eigenvalue weighted by Gasteiger charge is 2.70. The normalized spacial score (nSPS) is 60.9. The Balaban J connectivity index is 1.82. The molecule has 5 heteroatoms. The molecule has 4 fully saturated rings. The number of fused-ring (bicyclic) bond motifs is 2. The summed E-state index contributed by atoms with van der Waals surface area (Å²) in [6.45, 7) is 7.50. The third-order valence-corrected chi connectivity index (χ3v) is 8.76. The third-order valence-electron chi connectivity index (χ3n) is 8.76. The molecule has 0 unspecified atom stereocenters. The van der Waals surface area contributed by atoms with Crippen molar-refractivity contribution < 1.29 is 25.5 Å². The predicted octanol–water partition coefficient (Wildman–Crippen LogP) is 0.975. The summed E-state index contributed by atoms with van der Waals surface area (Å²) in [7, 11) is 0. The Labute approximate surface area is 149 Å². The fourth-order valence-corrected chi connectivity index (χ4v) is 7.26. The van der Waals surface area contributed by atoms with E-state index >= 15 is 0 Å². The standard InChI is InChI=1S/C20H32O5/c1-11-13-5-4-12-7-19(13,9-18(12,3)24)8-16(23)20(25)14(11)6-15(22)17(20,2)10-21/h12-16,21-25H,1,4-10H2,2-3H3/t12-,13+,14+,15+,16-,17+,18-,19-,20+/m1/s1. The van der Waals surface area contributed by atoms with Crippen LogP contribution in [0.15, 0.2) is 12.2 Å². The maximum Gasteiger partial charge on any atom is 0.107 e. The fourth-order valence-electron chi connectivity index (χ4n) is 7.26. The molecule has 0 radical (unpaired) electrons. The summed E-state index contributed by atoms with van der Waals surface area (Å²) < 4.78 is 0. The second kappa shape index (κ2) is 5.08. The van der Waals surface area contributed by atoms with Gasteiger partial charge in [-0.1, -0.05) is 19.1 Å². The molecule has 4 aliphatic rings. The summed E-state index contributed by atoms with van der Waals surface area (Å²) in [6.07, 6.45) is 2.07. The van der Waals surface area contributed by atoms with Crippen LogP contribution >= 0.6 is 0 Å². The molecule has 4 saturated carbocycles. The van der Waals surface area contributed by atoms with Crippen molar-refractivity contribution in [1.82, 2.24) is 0 Å². The van der Waals surface area contributed by atoms with Crippen LogP contribution in [0.25, 0.3) is 0 Å². The summed E-state index contributed by atoms with van der Waals surface area (Å²) >= 11 is 0. The fraction of sp³-hybridized carbons (Fsp3) is 0.900. The predicted molar refractivity (Wildman–Crippen MR) is 92.5 cm³/mol. The Kier molecular flexibility index (Phi) is 3.64. The lowest BCUT2D eigenvalue weighted by Crippen LogP contribution is -2.59. The first kappa shape index (κ1) is 17.9. The Morgan fingerprint density at radius 1 is 1.04 bits per heavy atom. The number of rotatable bonds is 1. The summed E-state index contributed by atoms with van der Waals surface area (Å²) in [5.41, 5.74) is -2.86. The largest absolute Gasteiger partial charge is 0.396 e. The molecule has 4 aliphatic carbocycles. The first-order valence-electron chi connectivity index (χ1n) is 9.62. The quantitative estimate of drug-likeness (QED) is 0.453. The lowest BCUT2D eigenvalue weighted by molar-refractivity contribution is -0.188. The number of aliphatic hydroxyl groups is 5. The van der Waals surface area contributed by atoms with Gasteiger partial charge in [0.25, 0.3) is 0 Å². The highest BCUT2D eigenvalue weighted by molar-refractivity contribution is 5.30. The minimum absolute atomic E-state index is 0.139. The van der Waals surface area contributed by atoms with Crippen molar-refractivity contribution in [2.24, 2.45) is 28.6 Å². The molecule has 0 aromatic heterocycles. The number of hydrogen-bond donors (Lipinski definition) is 5. The molecule has 5 nitrogen and oxygen atoms in total. The molecule has 0 heterocycles. The topological polar surface area (TPSA) is 101 Å². The summed E-state index contributed by atoms with van der Waals surface area (Å²) in [4.78, 5) is 0. The minimum atomic E-state index is -1.59. The van der Waals surface area contributed by atoms with E-state index in [1.54, 1.807) is 6.92 Å². The van der Waals surface area contributed by atoms with Gasteiger partial charge in [-0.2, -0.15) is 0 Å². The molecule has 0 saturated heterocycles. The monoisotopic (exact) mass is 352 g/mol. The van der Waals surface area contributed by atoms with E-state index in [1.807, 2.05) is 6.92 Å². The average Bonchev–Trinajstić information content (AvgIpc) is 2.84. The third kappa shape index (κ3) is 1.97. The van der Waals surface area contributed by atoms with E-state index in [-0.39, 0.29) is 23.9 Å². The van der Waals surface area contributed by atoms with Crippen molar-refractivity contribution in [3.05, 3.63) is 12.2 Å². The van der Waals surface area contributed by atoms with Gasteiger partial charge < -0.3 is 25.5 Å². The van der Waals surface area contributed by atoms with E-state index in [1.165, 1.54) is 0 Å². The smallest absolute Gasteiger partial charge is 0.107 e. The average molecular weight is 352 g/mol. The summed E-state index contributed by atoms with van der Waals surface area (Å²) in [5, 5.41) is 54.2. The zero-order valence-corrected chi connectivity index (χ0v) is 15.3. The molecule has 142 valence electrons. The Hall–Kier alpha value is -0.460. The van der Waals surface area contributed by atoms with Crippen molar-refractivity contribution in [3.63, 3.8) is 0 Å². The number of hydrogen-bond acceptors (Lipinski definition) is 5. The van der Waals surface area contributed by atoms with E-state index < -0.39 is 34.7 Å². The second-order valence-corrected chi connectivity index (χ2v) is 9.93. The van der Waals surface area contributed by atoms with Crippen molar-refractivity contribution >= 4 is 0 Å². The van der Waals surface area contributed by atoms with E-state index in [0.717, 1.165) is 24.8 Å². The first-order chi connectivity index (χ1) is 11.5. The SMILES string of the molecule is C=C1[C@@H]2CC[C@@H]3C[C@@]2(C[C@@H](O)[C@@]2(O)[C@H]1C[C@H](O)[C@]2(C)CO)C[C@@]3(C)O. The van der Waals surface area contributed by atoms with E-state index in [2.05, 4.69) is 6.58 Å². The molecule has 0 aromatic carbocycles. The van der Waals surface area contributed by atoms with Crippen LogP contribution in [-0.2, 0) is 0 Å². The molecule has 25 heavy (non-hydrogen) atoms. The van der Waals surface area contributed by atoms with Crippen LogP contribution < -0.4 is 0 Å². The molecule has 0 aromatic rings. The Bertz CT molecular complexity index is 603. The molecule has 5 N–H and O–H groups in total. The van der Waals surface area contributed by atoms with Crippen LogP contribution in [0, 0.1) is 28.6 Å².